The molecular weight excluding hydrogens is 533 g/mol. The van der Waals surface area contributed by atoms with E-state index in [-0.39, 0.29) is 11.8 Å². The third kappa shape index (κ3) is 4.51. The van der Waals surface area contributed by atoms with E-state index in [1.54, 1.807) is 36.6 Å². The molecule has 0 aromatic carbocycles. The van der Waals surface area contributed by atoms with Gasteiger partial charge in [0.05, 0.1) is 33.6 Å². The number of likely N-dealkylation sites (N-methyl/N-ethyl adjacent to an activating group) is 1. The molecule has 9 nitrogen and oxygen atoms in total. The lowest BCUT2D eigenvalue weighted by Crippen LogP contribution is -2.37. The number of anilines is 2. The van der Waals surface area contributed by atoms with Crippen LogP contribution in [0.1, 0.15) is 57.5 Å². The molecule has 1 saturated carbocycles. The number of halogens is 1. The monoisotopic (exact) mass is 565 g/mol. The summed E-state index contributed by atoms with van der Waals surface area (Å²) in [6.45, 7) is 9.58. The van der Waals surface area contributed by atoms with Crippen LogP contribution >= 0.6 is 0 Å². The first-order chi connectivity index (χ1) is 19.9. The second kappa shape index (κ2) is 9.75. The average molecular weight is 566 g/mol. The van der Waals surface area contributed by atoms with Crippen LogP contribution < -0.4 is 9.80 Å². The van der Waals surface area contributed by atoms with Crippen molar-refractivity contribution in [2.45, 2.75) is 64.3 Å². The highest BCUT2D eigenvalue weighted by molar-refractivity contribution is 6.09. The van der Waals surface area contributed by atoms with Crippen molar-refractivity contribution in [2.75, 3.05) is 16.8 Å². The number of carbonyl (C=O) groups excluding carboxylic acids is 2. The van der Waals surface area contributed by atoms with Gasteiger partial charge in [-0.2, -0.15) is 4.39 Å². The van der Waals surface area contributed by atoms with E-state index in [1.807, 2.05) is 57.8 Å². The zero-order valence-corrected chi connectivity index (χ0v) is 24.5. The standard InChI is InChI=1S/C17H18N4O.C15H14FN3O/c1-10-18-7-11(8-19-10)14-6-15-13(9-20-14)17(2,3)16(22)21(15)12-4-5-12;1-15(2)10-8-18-11(7-12(10)19(3)14(15)20)9-4-5-17-13(16)6-9/h6-9,12H,4-5H2,1-3H3;4-8H,1-3H3. The second-order valence-electron chi connectivity index (χ2n) is 12.1. The number of carbonyl (C=O) groups is 2. The summed E-state index contributed by atoms with van der Waals surface area (Å²) >= 11 is 0. The topological polar surface area (TPSA) is 105 Å². The van der Waals surface area contributed by atoms with E-state index in [2.05, 4.69) is 24.9 Å². The normalized spacial score (nSPS) is 18.0. The summed E-state index contributed by atoms with van der Waals surface area (Å²) in [5.74, 6) is 0.409. The zero-order chi connectivity index (χ0) is 30.0. The van der Waals surface area contributed by atoms with Gasteiger partial charge in [-0.05, 0) is 65.7 Å². The van der Waals surface area contributed by atoms with Gasteiger partial charge in [0.15, 0.2) is 0 Å². The molecule has 4 aromatic heterocycles. The molecule has 0 unspecified atom stereocenters. The quantitative estimate of drug-likeness (QED) is 0.316. The number of hydrogen-bond acceptors (Lipinski definition) is 7. The van der Waals surface area contributed by atoms with Gasteiger partial charge >= 0.3 is 0 Å². The van der Waals surface area contributed by atoms with Crippen LogP contribution in [0.2, 0.25) is 0 Å². The fourth-order valence-electron chi connectivity index (χ4n) is 5.60. The van der Waals surface area contributed by atoms with E-state index < -0.39 is 16.8 Å². The van der Waals surface area contributed by atoms with Gasteiger partial charge in [0.2, 0.25) is 17.8 Å². The molecular formula is C32H32FN7O2. The van der Waals surface area contributed by atoms with E-state index in [1.165, 1.54) is 12.3 Å². The number of aromatic nitrogens is 5. The fraction of sp³-hybridized carbons (Fsp3) is 0.344. The predicted molar refractivity (Wildman–Crippen MR) is 157 cm³/mol. The average Bonchev–Trinajstić information content (AvgIpc) is 3.76. The maximum atomic E-state index is 13.2. The minimum absolute atomic E-state index is 0.0346. The van der Waals surface area contributed by atoms with Crippen LogP contribution in [-0.4, -0.2) is 49.8 Å². The fourth-order valence-corrected chi connectivity index (χ4v) is 5.60. The molecule has 2 amide bonds. The number of pyridine rings is 3. The zero-order valence-electron chi connectivity index (χ0n) is 24.5. The van der Waals surface area contributed by atoms with E-state index in [0.29, 0.717) is 17.3 Å². The van der Waals surface area contributed by atoms with Gasteiger partial charge in [0.1, 0.15) is 5.82 Å². The molecule has 1 aliphatic carbocycles. The summed E-state index contributed by atoms with van der Waals surface area (Å²) in [7, 11) is 1.74. The number of rotatable bonds is 3. The van der Waals surface area contributed by atoms with Crippen LogP contribution in [-0.2, 0) is 20.4 Å². The van der Waals surface area contributed by atoms with E-state index >= 15 is 0 Å². The van der Waals surface area contributed by atoms with Crippen molar-refractivity contribution in [3.63, 3.8) is 0 Å². The van der Waals surface area contributed by atoms with Crippen LogP contribution in [0.4, 0.5) is 15.8 Å². The van der Waals surface area contributed by atoms with Crippen molar-refractivity contribution in [1.82, 2.24) is 24.9 Å². The van der Waals surface area contributed by atoms with Crippen LogP contribution in [0.5, 0.6) is 0 Å². The Kier molecular flexibility index (Phi) is 6.40. The molecule has 0 atom stereocenters. The van der Waals surface area contributed by atoms with Crippen molar-refractivity contribution in [1.29, 1.82) is 0 Å². The SMILES string of the molecule is CN1C(=O)C(C)(C)c2cnc(-c3ccnc(F)c3)cc21.Cc1ncc(-c2cc3c(cn2)C(C)(C)C(=O)N3C2CC2)cn1. The number of hydrogen-bond donors (Lipinski definition) is 0. The number of amides is 2. The molecule has 3 aliphatic rings. The van der Waals surface area contributed by atoms with E-state index in [4.69, 9.17) is 0 Å². The lowest BCUT2D eigenvalue weighted by molar-refractivity contribution is -0.122. The Labute approximate surface area is 243 Å². The van der Waals surface area contributed by atoms with Gasteiger partial charge in [0, 0.05) is 72.4 Å². The molecule has 0 radical (unpaired) electrons. The third-order valence-electron chi connectivity index (χ3n) is 8.34. The Morgan fingerprint density at radius 1 is 0.762 bits per heavy atom. The van der Waals surface area contributed by atoms with E-state index in [9.17, 15) is 14.0 Å². The highest BCUT2D eigenvalue weighted by Gasteiger charge is 2.49. The summed E-state index contributed by atoms with van der Waals surface area (Å²) in [6.07, 6.45) is 10.7. The van der Waals surface area contributed by atoms with E-state index in [0.717, 1.165) is 52.4 Å². The van der Waals surface area contributed by atoms with Crippen molar-refractivity contribution in [2.24, 2.45) is 0 Å². The Morgan fingerprint density at radius 3 is 1.95 bits per heavy atom. The molecule has 2 aliphatic heterocycles. The number of nitrogens with zero attached hydrogens (tertiary/aromatic N) is 7. The summed E-state index contributed by atoms with van der Waals surface area (Å²) in [5, 5.41) is 0. The molecule has 0 saturated heterocycles. The number of aryl methyl sites for hydroxylation is 1. The minimum Gasteiger partial charge on any atom is -0.314 e. The molecule has 7 rings (SSSR count). The molecule has 0 spiro atoms. The molecule has 4 aromatic rings. The summed E-state index contributed by atoms with van der Waals surface area (Å²) in [5.41, 5.74) is 5.63. The second-order valence-corrected chi connectivity index (χ2v) is 12.1. The lowest BCUT2D eigenvalue weighted by atomic mass is 9.87. The maximum absolute atomic E-state index is 13.2. The van der Waals surface area contributed by atoms with Gasteiger partial charge in [0.25, 0.3) is 0 Å². The molecule has 6 heterocycles. The van der Waals surface area contributed by atoms with Crippen LogP contribution in [0.15, 0.2) is 55.2 Å². The summed E-state index contributed by atoms with van der Waals surface area (Å²) < 4.78 is 13.2. The molecule has 0 N–H and O–H groups in total. The Balaban J connectivity index is 0.000000151. The van der Waals surface area contributed by atoms with Gasteiger partial charge in [-0.15, -0.1) is 0 Å². The van der Waals surface area contributed by atoms with Crippen LogP contribution in [0, 0.1) is 12.9 Å². The maximum Gasteiger partial charge on any atom is 0.237 e. The number of fused-ring (bicyclic) bond motifs is 2. The van der Waals surface area contributed by atoms with Crippen molar-refractivity contribution < 1.29 is 14.0 Å². The van der Waals surface area contributed by atoms with Crippen LogP contribution in [0.25, 0.3) is 22.5 Å². The summed E-state index contributed by atoms with van der Waals surface area (Å²) in [6, 6.07) is 7.21. The van der Waals surface area contributed by atoms with Crippen molar-refractivity contribution >= 4 is 23.2 Å². The van der Waals surface area contributed by atoms with Crippen molar-refractivity contribution in [3.8, 4) is 22.5 Å². The van der Waals surface area contributed by atoms with Crippen molar-refractivity contribution in [3.05, 3.63) is 78.1 Å². The first-order valence-electron chi connectivity index (χ1n) is 13.9. The predicted octanol–water partition coefficient (Wildman–Crippen LogP) is 5.17. The molecule has 10 heteroatoms. The lowest BCUT2D eigenvalue weighted by Gasteiger charge is -2.19. The van der Waals surface area contributed by atoms with Crippen LogP contribution in [0.3, 0.4) is 0 Å². The molecule has 42 heavy (non-hydrogen) atoms. The smallest absolute Gasteiger partial charge is 0.237 e. The first-order valence-corrected chi connectivity index (χ1v) is 13.9. The largest absolute Gasteiger partial charge is 0.314 e. The molecule has 0 bridgehead atoms. The third-order valence-corrected chi connectivity index (χ3v) is 8.34. The molecule has 214 valence electrons. The minimum atomic E-state index is -0.570. The van der Waals surface area contributed by atoms with Gasteiger partial charge in [-0.1, -0.05) is 0 Å². The van der Waals surface area contributed by atoms with Gasteiger partial charge < -0.3 is 9.80 Å². The Morgan fingerprint density at radius 2 is 1.33 bits per heavy atom. The highest BCUT2D eigenvalue weighted by Crippen LogP contribution is 2.47. The Hall–Kier alpha value is -4.60. The molecule has 1 fully saturated rings. The first kappa shape index (κ1) is 27.6. The summed E-state index contributed by atoms with van der Waals surface area (Å²) in [4.78, 5) is 49.4. The van der Waals surface area contributed by atoms with Gasteiger partial charge in [-0.25, -0.2) is 15.0 Å². The highest BCUT2D eigenvalue weighted by atomic mass is 19.1. The Bertz CT molecular complexity index is 1730. The van der Waals surface area contributed by atoms with Gasteiger partial charge in [-0.3, -0.25) is 19.6 Å².